The predicted octanol–water partition coefficient (Wildman–Crippen LogP) is 3.12. The first-order valence-corrected chi connectivity index (χ1v) is 5.25. The van der Waals surface area contributed by atoms with Gasteiger partial charge in [-0.05, 0) is 31.3 Å². The summed E-state index contributed by atoms with van der Waals surface area (Å²) in [6.45, 7) is 7.36. The van der Waals surface area contributed by atoms with Crippen LogP contribution in [0, 0.1) is 0 Å². The first kappa shape index (κ1) is 10.8. The minimum absolute atomic E-state index is 0.0716. The van der Waals surface area contributed by atoms with Crippen molar-refractivity contribution in [2.24, 2.45) is 0 Å². The molecule has 1 atom stereocenters. The van der Waals surface area contributed by atoms with Crippen LogP contribution in [0.4, 0.5) is 0 Å². The summed E-state index contributed by atoms with van der Waals surface area (Å²) >= 11 is 0. The monoisotopic (exact) mass is 175 g/mol. The topological polar surface area (TPSA) is 26.3 Å². The Hall–Kier alpha value is -0.200. The highest BCUT2D eigenvalue weighted by Crippen LogP contribution is 2.25. The largest absolute Gasteiger partial charge is 0.508 e. The van der Waals surface area contributed by atoms with E-state index in [0.717, 1.165) is 12.8 Å². The van der Waals surface area contributed by atoms with Crippen LogP contribution < -0.4 is 0 Å². The van der Waals surface area contributed by atoms with Gasteiger partial charge in [-0.3, -0.25) is 0 Å². The Bertz CT molecular complexity index is 132. The lowest BCUT2D eigenvalue weighted by Crippen LogP contribution is -1.95. The van der Waals surface area contributed by atoms with Crippen molar-refractivity contribution >= 4 is 8.03 Å². The summed E-state index contributed by atoms with van der Waals surface area (Å²) in [4.78, 5) is 0. The van der Waals surface area contributed by atoms with Gasteiger partial charge in [0, 0.05) is 0 Å². The van der Waals surface area contributed by atoms with Gasteiger partial charge in [-0.15, -0.1) is 11.1 Å². The van der Waals surface area contributed by atoms with Crippen LogP contribution in [0.25, 0.3) is 0 Å². The molecule has 0 aromatic rings. The van der Waals surface area contributed by atoms with E-state index in [1.54, 1.807) is 0 Å². The molecule has 0 saturated carbocycles. The van der Waals surface area contributed by atoms with E-state index in [9.17, 15) is 4.57 Å². The van der Waals surface area contributed by atoms with E-state index in [1.165, 1.54) is 0 Å². The molecule has 0 aliphatic carbocycles. The molecule has 1 unspecified atom stereocenters. The van der Waals surface area contributed by atoms with Crippen LogP contribution in [0.2, 0.25) is 0 Å². The second-order valence-corrected chi connectivity index (χ2v) is 3.96. The van der Waals surface area contributed by atoms with E-state index in [-0.39, 0.29) is 6.10 Å². The van der Waals surface area contributed by atoms with Gasteiger partial charge in [-0.25, -0.2) is 0 Å². The summed E-state index contributed by atoms with van der Waals surface area (Å²) in [5, 5.41) is 0. The Kier molecular flexibility index (Phi) is 6.39. The summed E-state index contributed by atoms with van der Waals surface area (Å²) in [5.41, 5.74) is 0. The lowest BCUT2D eigenvalue weighted by Gasteiger charge is -1.92. The minimum Gasteiger partial charge on any atom is -0.144 e. The van der Waals surface area contributed by atoms with Crippen molar-refractivity contribution in [3.8, 4) is 0 Å². The highest BCUT2D eigenvalue weighted by molar-refractivity contribution is 7.39. The van der Waals surface area contributed by atoms with Gasteiger partial charge in [0.2, 0.25) is 0 Å². The van der Waals surface area contributed by atoms with Gasteiger partial charge >= 0.3 is 8.03 Å². The molecule has 0 aromatic carbocycles. The maximum atomic E-state index is 11.0. The summed E-state index contributed by atoms with van der Waals surface area (Å²) in [7, 11) is -1.43. The van der Waals surface area contributed by atoms with E-state index in [1.807, 2.05) is 19.9 Å². The molecule has 0 bridgehead atoms. The second-order valence-electron chi connectivity index (χ2n) is 2.64. The summed E-state index contributed by atoms with van der Waals surface area (Å²) in [6.07, 6.45) is 4.38. The number of rotatable bonds is 6. The Morgan fingerprint density at radius 3 is 2.73 bits per heavy atom. The molecule has 0 spiro atoms. The highest BCUT2D eigenvalue weighted by Gasteiger charge is 2.17. The van der Waals surface area contributed by atoms with Gasteiger partial charge in [0.25, 0.3) is 0 Å². The molecular weight excluding hydrogens is 159 g/mol. The fourth-order valence-corrected chi connectivity index (χ4v) is 1.67. The fourth-order valence-electron chi connectivity index (χ4n) is 0.653. The molecule has 0 aliphatic rings. The van der Waals surface area contributed by atoms with Crippen molar-refractivity contribution in [1.29, 1.82) is 0 Å². The molecular formula is C8H16O2P+. The third-order valence-electron chi connectivity index (χ3n) is 1.08. The van der Waals surface area contributed by atoms with Crippen molar-refractivity contribution in [2.75, 3.05) is 6.16 Å². The van der Waals surface area contributed by atoms with Crippen LogP contribution in [-0.2, 0) is 9.09 Å². The lowest BCUT2D eigenvalue weighted by molar-refractivity contribution is 0.256. The molecule has 0 amide bonds. The molecule has 0 saturated heterocycles. The first-order valence-electron chi connectivity index (χ1n) is 3.89. The smallest absolute Gasteiger partial charge is 0.144 e. The number of allylic oxidation sites excluding steroid dienone is 1. The molecule has 11 heavy (non-hydrogen) atoms. The summed E-state index contributed by atoms with van der Waals surface area (Å²) in [6, 6.07) is 0. The Labute approximate surface area is 69.5 Å². The molecule has 0 fully saturated rings. The van der Waals surface area contributed by atoms with E-state index < -0.39 is 8.03 Å². The van der Waals surface area contributed by atoms with E-state index in [0.29, 0.717) is 6.16 Å². The van der Waals surface area contributed by atoms with Crippen molar-refractivity contribution < 1.29 is 9.09 Å². The molecule has 0 radical (unpaired) electrons. The van der Waals surface area contributed by atoms with E-state index in [2.05, 4.69) is 6.58 Å². The maximum absolute atomic E-state index is 11.0. The second kappa shape index (κ2) is 6.51. The molecule has 2 nitrogen and oxygen atoms in total. The third kappa shape index (κ3) is 7.70. The Balaban J connectivity index is 3.30. The number of hydrogen-bond donors (Lipinski definition) is 0. The van der Waals surface area contributed by atoms with Gasteiger partial charge in [0.05, 0.1) is 0 Å². The minimum atomic E-state index is -1.43. The molecule has 64 valence electrons. The van der Waals surface area contributed by atoms with Crippen molar-refractivity contribution in [2.45, 2.75) is 32.8 Å². The maximum Gasteiger partial charge on any atom is 0.508 e. The zero-order valence-corrected chi connectivity index (χ0v) is 8.14. The van der Waals surface area contributed by atoms with Crippen molar-refractivity contribution in [1.82, 2.24) is 0 Å². The SMILES string of the molecule is C=CCCC[P+](=O)OC(C)C. The van der Waals surface area contributed by atoms with Crippen LogP contribution in [0.5, 0.6) is 0 Å². The fraction of sp³-hybridized carbons (Fsp3) is 0.750. The van der Waals surface area contributed by atoms with Crippen LogP contribution in [0.1, 0.15) is 26.7 Å². The van der Waals surface area contributed by atoms with Gasteiger partial charge in [0.15, 0.2) is 6.16 Å². The van der Waals surface area contributed by atoms with Gasteiger partial charge < -0.3 is 0 Å². The molecule has 0 aliphatic heterocycles. The van der Waals surface area contributed by atoms with Gasteiger partial charge in [0.1, 0.15) is 6.10 Å². The quantitative estimate of drug-likeness (QED) is 0.352. The molecule has 0 heterocycles. The van der Waals surface area contributed by atoms with E-state index >= 15 is 0 Å². The zero-order chi connectivity index (χ0) is 8.69. The third-order valence-corrected chi connectivity index (χ3v) is 2.42. The average molecular weight is 175 g/mol. The van der Waals surface area contributed by atoms with Crippen LogP contribution in [0.15, 0.2) is 12.7 Å². The van der Waals surface area contributed by atoms with Crippen LogP contribution >= 0.6 is 8.03 Å². The zero-order valence-electron chi connectivity index (χ0n) is 7.25. The standard InChI is InChI=1S/C8H16O2P/c1-4-5-6-7-11(9)10-8(2)3/h4,8H,1,5-7H2,2-3H3/q+1. The molecule has 0 rings (SSSR count). The molecule has 0 N–H and O–H groups in total. The first-order chi connectivity index (χ1) is 5.16. The van der Waals surface area contributed by atoms with Crippen LogP contribution in [-0.4, -0.2) is 12.3 Å². The number of hydrogen-bond acceptors (Lipinski definition) is 2. The molecule has 0 aromatic heterocycles. The summed E-state index contributed by atoms with van der Waals surface area (Å²) < 4.78 is 16.1. The van der Waals surface area contributed by atoms with Crippen molar-refractivity contribution in [3.63, 3.8) is 0 Å². The highest BCUT2D eigenvalue weighted by atomic mass is 31.1. The number of unbranched alkanes of at least 4 members (excludes halogenated alkanes) is 1. The normalized spacial score (nSPS) is 11.7. The lowest BCUT2D eigenvalue weighted by atomic mass is 10.3. The summed E-state index contributed by atoms with van der Waals surface area (Å²) in [5.74, 6) is 0. The van der Waals surface area contributed by atoms with E-state index in [4.69, 9.17) is 4.52 Å². The Morgan fingerprint density at radius 2 is 2.27 bits per heavy atom. The Morgan fingerprint density at radius 1 is 1.64 bits per heavy atom. The van der Waals surface area contributed by atoms with Crippen molar-refractivity contribution in [3.05, 3.63) is 12.7 Å². The predicted molar refractivity (Wildman–Crippen MR) is 48.1 cm³/mol. The van der Waals surface area contributed by atoms with Crippen LogP contribution in [0.3, 0.4) is 0 Å². The average Bonchev–Trinajstić information content (AvgIpc) is 1.86. The molecule has 3 heteroatoms. The van der Waals surface area contributed by atoms with Gasteiger partial charge in [-0.2, -0.15) is 0 Å². The van der Waals surface area contributed by atoms with Gasteiger partial charge in [-0.1, -0.05) is 6.08 Å².